The fraction of sp³-hybridized carbons (Fsp3) is 0.300. The number of carbonyl (C=O) groups excluding carboxylic acids is 1. The average molecular weight is 339 g/mol. The first-order valence-electron chi connectivity index (χ1n) is 8.55. The van der Waals surface area contributed by atoms with Gasteiger partial charge in [0, 0.05) is 31.3 Å². The van der Waals surface area contributed by atoms with Crippen LogP contribution < -0.4 is 5.32 Å². The number of pyridine rings is 1. The third-order valence-corrected chi connectivity index (χ3v) is 4.36. The molecule has 0 aliphatic rings. The van der Waals surface area contributed by atoms with Crippen molar-refractivity contribution < 1.29 is 9.18 Å². The summed E-state index contributed by atoms with van der Waals surface area (Å²) in [6, 6.07) is 10.5. The molecule has 0 aliphatic carbocycles. The van der Waals surface area contributed by atoms with Gasteiger partial charge >= 0.3 is 0 Å². The van der Waals surface area contributed by atoms with E-state index in [0.29, 0.717) is 12.1 Å². The topological polar surface area (TPSA) is 46.4 Å². The van der Waals surface area contributed by atoms with Crippen molar-refractivity contribution in [2.24, 2.45) is 0 Å². The van der Waals surface area contributed by atoms with Crippen molar-refractivity contribution in [2.75, 3.05) is 6.54 Å². The van der Waals surface area contributed by atoms with Gasteiger partial charge in [-0.25, -0.2) is 9.37 Å². The van der Waals surface area contributed by atoms with Crippen LogP contribution in [-0.4, -0.2) is 21.8 Å². The van der Waals surface area contributed by atoms with Crippen molar-refractivity contribution in [3.63, 3.8) is 0 Å². The predicted molar refractivity (Wildman–Crippen MR) is 96.1 cm³/mol. The van der Waals surface area contributed by atoms with Crippen LogP contribution in [0, 0.1) is 12.7 Å². The molecule has 1 unspecified atom stereocenters. The van der Waals surface area contributed by atoms with E-state index in [-0.39, 0.29) is 18.1 Å². The minimum atomic E-state index is -0.394. The highest BCUT2D eigenvalue weighted by molar-refractivity contribution is 5.77. The molecule has 25 heavy (non-hydrogen) atoms. The van der Waals surface area contributed by atoms with Crippen LogP contribution in [0.15, 0.2) is 48.8 Å². The Labute approximate surface area is 146 Å². The van der Waals surface area contributed by atoms with Gasteiger partial charge in [-0.05, 0) is 36.6 Å². The number of halogens is 1. The molecule has 0 saturated heterocycles. The molecule has 1 atom stereocenters. The zero-order chi connectivity index (χ0) is 17.8. The van der Waals surface area contributed by atoms with Gasteiger partial charge in [-0.15, -0.1) is 0 Å². The summed E-state index contributed by atoms with van der Waals surface area (Å²) in [7, 11) is 0. The Morgan fingerprint density at radius 1 is 1.28 bits per heavy atom. The lowest BCUT2D eigenvalue weighted by molar-refractivity contribution is -0.121. The van der Waals surface area contributed by atoms with E-state index in [1.54, 1.807) is 24.4 Å². The number of imidazole rings is 1. The normalized spacial score (nSPS) is 12.3. The van der Waals surface area contributed by atoms with Gasteiger partial charge in [0.05, 0.1) is 5.69 Å². The Bertz CT molecular complexity index is 888. The zero-order valence-corrected chi connectivity index (χ0v) is 14.5. The number of nitrogens with one attached hydrogen (secondary N) is 1. The second-order valence-corrected chi connectivity index (χ2v) is 6.20. The molecule has 0 spiro atoms. The van der Waals surface area contributed by atoms with Crippen molar-refractivity contribution in [2.45, 2.75) is 32.6 Å². The Balaban J connectivity index is 2.05. The summed E-state index contributed by atoms with van der Waals surface area (Å²) in [6.07, 6.45) is 4.70. The monoisotopic (exact) mass is 339 g/mol. The molecular formula is C20H22FN3O. The maximum atomic E-state index is 14.5. The molecule has 2 aromatic heterocycles. The standard InChI is InChI=1S/C20H22FN3O/c1-3-10-22-19(25)12-16(15-8-4-5-9-17(15)21)18-13-23-20-14(2)7-6-11-24(18)20/h4-9,11,13,16H,3,10,12H2,1-2H3,(H,22,25). The largest absolute Gasteiger partial charge is 0.356 e. The zero-order valence-electron chi connectivity index (χ0n) is 14.5. The molecule has 5 heteroatoms. The van der Waals surface area contributed by atoms with Crippen LogP contribution >= 0.6 is 0 Å². The van der Waals surface area contributed by atoms with Crippen LogP contribution in [0.25, 0.3) is 5.65 Å². The molecule has 0 saturated carbocycles. The maximum absolute atomic E-state index is 14.5. The number of rotatable bonds is 6. The van der Waals surface area contributed by atoms with Gasteiger partial charge in [0.25, 0.3) is 0 Å². The highest BCUT2D eigenvalue weighted by Crippen LogP contribution is 2.31. The Kier molecular flexibility index (Phi) is 5.12. The van der Waals surface area contributed by atoms with Crippen LogP contribution in [0.3, 0.4) is 0 Å². The molecule has 3 aromatic rings. The van der Waals surface area contributed by atoms with Crippen molar-refractivity contribution in [3.05, 3.63) is 71.4 Å². The van der Waals surface area contributed by atoms with E-state index in [4.69, 9.17) is 0 Å². The lowest BCUT2D eigenvalue weighted by Crippen LogP contribution is -2.26. The first-order chi connectivity index (χ1) is 12.1. The molecule has 0 fully saturated rings. The van der Waals surface area contributed by atoms with Gasteiger partial charge < -0.3 is 9.72 Å². The maximum Gasteiger partial charge on any atom is 0.221 e. The summed E-state index contributed by atoms with van der Waals surface area (Å²) in [4.78, 5) is 16.8. The third-order valence-electron chi connectivity index (χ3n) is 4.36. The second kappa shape index (κ2) is 7.47. The summed E-state index contributed by atoms with van der Waals surface area (Å²) < 4.78 is 16.4. The van der Waals surface area contributed by atoms with E-state index >= 15 is 0 Å². The van der Waals surface area contributed by atoms with E-state index in [0.717, 1.165) is 23.3 Å². The molecule has 2 heterocycles. The SMILES string of the molecule is CCCNC(=O)CC(c1ccccc1F)c1cnc2c(C)cccn12. The first kappa shape index (κ1) is 17.1. The summed E-state index contributed by atoms with van der Waals surface area (Å²) >= 11 is 0. The van der Waals surface area contributed by atoms with Crippen LogP contribution in [0.2, 0.25) is 0 Å². The fourth-order valence-electron chi connectivity index (χ4n) is 3.08. The number of hydrogen-bond acceptors (Lipinski definition) is 2. The van der Waals surface area contributed by atoms with Crippen LogP contribution in [-0.2, 0) is 4.79 Å². The fourth-order valence-corrected chi connectivity index (χ4v) is 3.08. The molecule has 3 rings (SSSR count). The summed E-state index contributed by atoms with van der Waals surface area (Å²) in [5, 5.41) is 2.88. The number of amides is 1. The van der Waals surface area contributed by atoms with E-state index < -0.39 is 5.92 Å². The van der Waals surface area contributed by atoms with Gasteiger partial charge in [0.15, 0.2) is 0 Å². The van der Waals surface area contributed by atoms with Gasteiger partial charge in [-0.2, -0.15) is 0 Å². The molecule has 130 valence electrons. The number of benzene rings is 1. The Morgan fingerprint density at radius 2 is 2.08 bits per heavy atom. The molecule has 0 bridgehead atoms. The smallest absolute Gasteiger partial charge is 0.221 e. The van der Waals surface area contributed by atoms with Crippen LogP contribution in [0.4, 0.5) is 4.39 Å². The number of nitrogens with zero attached hydrogens (tertiary/aromatic N) is 2. The summed E-state index contributed by atoms with van der Waals surface area (Å²) in [6.45, 7) is 4.61. The quantitative estimate of drug-likeness (QED) is 0.742. The van der Waals surface area contributed by atoms with E-state index in [1.807, 2.05) is 36.6 Å². The van der Waals surface area contributed by atoms with Crippen LogP contribution in [0.5, 0.6) is 0 Å². The van der Waals surface area contributed by atoms with Gasteiger partial charge in [-0.1, -0.05) is 31.2 Å². The van der Waals surface area contributed by atoms with E-state index in [1.165, 1.54) is 6.07 Å². The Hall–Kier alpha value is -2.69. The molecule has 1 aromatic carbocycles. The van der Waals surface area contributed by atoms with Gasteiger partial charge in [-0.3, -0.25) is 4.79 Å². The molecule has 0 radical (unpaired) electrons. The third kappa shape index (κ3) is 3.55. The number of aromatic nitrogens is 2. The van der Waals surface area contributed by atoms with E-state index in [2.05, 4.69) is 10.3 Å². The predicted octanol–water partition coefficient (Wildman–Crippen LogP) is 3.83. The van der Waals surface area contributed by atoms with Crippen molar-refractivity contribution >= 4 is 11.6 Å². The molecular weight excluding hydrogens is 317 g/mol. The average Bonchev–Trinajstić information content (AvgIpc) is 3.04. The van der Waals surface area contributed by atoms with Crippen LogP contribution in [0.1, 0.15) is 42.5 Å². The summed E-state index contributed by atoms with van der Waals surface area (Å²) in [5.41, 5.74) is 3.19. The minimum Gasteiger partial charge on any atom is -0.356 e. The molecule has 1 amide bonds. The lowest BCUT2D eigenvalue weighted by atomic mass is 9.92. The Morgan fingerprint density at radius 3 is 2.84 bits per heavy atom. The number of carbonyl (C=O) groups is 1. The molecule has 1 N–H and O–H groups in total. The number of aryl methyl sites for hydroxylation is 1. The van der Waals surface area contributed by atoms with Crippen molar-refractivity contribution in [1.29, 1.82) is 0 Å². The number of hydrogen-bond donors (Lipinski definition) is 1. The second-order valence-electron chi connectivity index (χ2n) is 6.20. The number of fused-ring (bicyclic) bond motifs is 1. The van der Waals surface area contributed by atoms with Crippen molar-refractivity contribution in [1.82, 2.24) is 14.7 Å². The van der Waals surface area contributed by atoms with Gasteiger partial charge in [0.2, 0.25) is 5.91 Å². The summed E-state index contributed by atoms with van der Waals surface area (Å²) in [5.74, 6) is -0.786. The van der Waals surface area contributed by atoms with Gasteiger partial charge in [0.1, 0.15) is 11.5 Å². The highest BCUT2D eigenvalue weighted by Gasteiger charge is 2.24. The molecule has 0 aliphatic heterocycles. The molecule has 4 nitrogen and oxygen atoms in total. The minimum absolute atomic E-state index is 0.0855. The van der Waals surface area contributed by atoms with E-state index in [9.17, 15) is 9.18 Å². The first-order valence-corrected chi connectivity index (χ1v) is 8.55. The van der Waals surface area contributed by atoms with Crippen molar-refractivity contribution in [3.8, 4) is 0 Å². The highest BCUT2D eigenvalue weighted by atomic mass is 19.1. The lowest BCUT2D eigenvalue weighted by Gasteiger charge is -2.18.